The lowest BCUT2D eigenvalue weighted by molar-refractivity contribution is -0.252. The Kier molecular flexibility index (Phi) is 6.40. The average Bonchev–Trinajstić information content (AvgIpc) is 3.01. The lowest BCUT2D eigenvalue weighted by Crippen LogP contribution is -2.68. The van der Waals surface area contributed by atoms with E-state index in [0.29, 0.717) is 23.7 Å². The van der Waals surface area contributed by atoms with E-state index in [1.54, 1.807) is 0 Å². The number of alkyl halides is 1. The van der Waals surface area contributed by atoms with Gasteiger partial charge < -0.3 is 10.2 Å². The molecule has 0 aliphatic heterocycles. The van der Waals surface area contributed by atoms with Crippen LogP contribution in [0.4, 0.5) is 0 Å². The second-order valence-corrected chi connectivity index (χ2v) is 13.5. The van der Waals surface area contributed by atoms with Crippen molar-refractivity contribution in [3.8, 4) is 0 Å². The van der Waals surface area contributed by atoms with E-state index < -0.39 is 11.7 Å². The highest BCUT2D eigenvalue weighted by Crippen LogP contribution is 2.69. The van der Waals surface area contributed by atoms with Gasteiger partial charge in [-0.05, 0) is 92.3 Å². The molecule has 4 aliphatic rings. The molecule has 0 heterocycles. The Bertz CT molecular complexity index is 622. The minimum atomic E-state index is -0.991. The number of fused-ring (bicyclic) bond motifs is 5. The van der Waals surface area contributed by atoms with E-state index in [1.165, 1.54) is 44.9 Å². The fourth-order valence-electron chi connectivity index (χ4n) is 9.25. The van der Waals surface area contributed by atoms with Gasteiger partial charge in [-0.1, -0.05) is 53.9 Å². The van der Waals surface area contributed by atoms with Gasteiger partial charge in [-0.3, -0.25) is 0 Å². The molecule has 0 bridgehead atoms. The molecule has 0 spiro atoms. The van der Waals surface area contributed by atoms with Crippen LogP contribution in [-0.4, -0.2) is 27.3 Å². The largest absolute Gasteiger partial charge is 0.390 e. The molecule has 0 aromatic heterocycles. The van der Waals surface area contributed by atoms with Crippen molar-refractivity contribution in [1.82, 2.24) is 0 Å². The van der Waals surface area contributed by atoms with E-state index in [0.717, 1.165) is 42.9 Å². The van der Waals surface area contributed by atoms with Crippen molar-refractivity contribution >= 4 is 11.6 Å². The van der Waals surface area contributed by atoms with E-state index in [-0.39, 0.29) is 10.8 Å². The summed E-state index contributed by atoms with van der Waals surface area (Å²) in [6, 6.07) is 0. The zero-order chi connectivity index (χ0) is 21.9. The van der Waals surface area contributed by atoms with Crippen molar-refractivity contribution < 1.29 is 10.2 Å². The minimum absolute atomic E-state index is 0.00526. The van der Waals surface area contributed by atoms with Gasteiger partial charge in [0.2, 0.25) is 0 Å². The normalized spacial score (nSPS) is 51.9. The van der Waals surface area contributed by atoms with E-state index >= 15 is 0 Å². The topological polar surface area (TPSA) is 40.5 Å². The van der Waals surface area contributed by atoms with E-state index in [1.807, 2.05) is 0 Å². The number of rotatable bonds is 5. The second-order valence-electron chi connectivity index (χ2n) is 12.8. The fourth-order valence-corrected chi connectivity index (χ4v) is 9.60. The van der Waals surface area contributed by atoms with Crippen LogP contribution >= 0.6 is 11.6 Å². The maximum atomic E-state index is 11.7. The Labute approximate surface area is 190 Å². The Balaban J connectivity index is 1.53. The number of hydrogen-bond acceptors (Lipinski definition) is 2. The van der Waals surface area contributed by atoms with Crippen LogP contribution in [0.15, 0.2) is 0 Å². The van der Waals surface area contributed by atoms with Gasteiger partial charge in [-0.15, -0.1) is 11.6 Å². The molecule has 4 rings (SSSR count). The molecule has 0 unspecified atom stereocenters. The minimum Gasteiger partial charge on any atom is -0.390 e. The molecular weight excluding hydrogens is 392 g/mol. The van der Waals surface area contributed by atoms with Crippen molar-refractivity contribution in [2.24, 2.45) is 46.3 Å². The van der Waals surface area contributed by atoms with Crippen LogP contribution in [0.1, 0.15) is 105 Å². The summed E-state index contributed by atoms with van der Waals surface area (Å²) in [5.41, 5.74) is -0.745. The molecule has 4 fully saturated rings. The molecule has 0 amide bonds. The summed E-state index contributed by atoms with van der Waals surface area (Å²) in [5.74, 6) is 4.29. The Hall–Kier alpha value is 0.210. The predicted octanol–water partition coefficient (Wildman–Crippen LogP) is 6.80. The summed E-state index contributed by atoms with van der Waals surface area (Å²) in [6.45, 7) is 12.1. The molecule has 0 saturated heterocycles. The maximum Gasteiger partial charge on any atom is 0.0975 e. The van der Waals surface area contributed by atoms with Crippen LogP contribution in [-0.2, 0) is 0 Å². The van der Waals surface area contributed by atoms with Gasteiger partial charge in [0.05, 0.1) is 11.7 Å². The molecule has 0 aromatic rings. The molecule has 10 atom stereocenters. The third kappa shape index (κ3) is 3.50. The molecule has 2 nitrogen and oxygen atoms in total. The Morgan fingerprint density at radius 3 is 2.40 bits per heavy atom. The third-order valence-electron chi connectivity index (χ3n) is 11.0. The first-order valence-electron chi connectivity index (χ1n) is 13.1. The first-order chi connectivity index (χ1) is 14.0. The van der Waals surface area contributed by atoms with Gasteiger partial charge in [-0.25, -0.2) is 0 Å². The molecule has 0 aromatic carbocycles. The van der Waals surface area contributed by atoms with Crippen molar-refractivity contribution in [2.45, 2.75) is 122 Å². The molecule has 4 saturated carbocycles. The molecule has 0 radical (unpaired) electrons. The number of aliphatic hydroxyl groups is 2. The zero-order valence-electron chi connectivity index (χ0n) is 20.2. The monoisotopic (exact) mass is 438 g/mol. The molecule has 174 valence electrons. The van der Waals surface area contributed by atoms with Crippen LogP contribution in [0.3, 0.4) is 0 Å². The summed E-state index contributed by atoms with van der Waals surface area (Å²) in [4.78, 5) is 0. The Morgan fingerprint density at radius 1 is 0.967 bits per heavy atom. The molecule has 3 heteroatoms. The van der Waals surface area contributed by atoms with Crippen molar-refractivity contribution in [3.63, 3.8) is 0 Å². The lowest BCUT2D eigenvalue weighted by atomic mass is 9.42. The van der Waals surface area contributed by atoms with Crippen LogP contribution < -0.4 is 0 Å². The van der Waals surface area contributed by atoms with Gasteiger partial charge in [0, 0.05) is 10.8 Å². The standard InChI is InChI=1S/C27H47ClO2/c1-17(2)7-6-8-18(3)21-9-10-22-20-15-24(29)27(30)16-19(28)11-14-26(27,5)23(20)12-13-25(21,22)4/h17-24,29-30H,6-16H2,1-5H3/t18-,19+,20+,21-,22+,23+,24-,25-,26-,27+/m1/s1. The summed E-state index contributed by atoms with van der Waals surface area (Å²) in [7, 11) is 0. The summed E-state index contributed by atoms with van der Waals surface area (Å²) in [5, 5.41) is 22.9. The van der Waals surface area contributed by atoms with E-state index in [2.05, 4.69) is 34.6 Å². The van der Waals surface area contributed by atoms with Crippen LogP contribution in [0, 0.1) is 46.3 Å². The molecular formula is C27H47ClO2. The van der Waals surface area contributed by atoms with Crippen molar-refractivity contribution in [3.05, 3.63) is 0 Å². The number of halogens is 1. The SMILES string of the molecule is CC(C)CCC[C@@H](C)[C@H]1CC[C@H]2[C@@H]3C[C@@H](O)[C@@]4(O)C[C@@H](Cl)CC[C@]4(C)[C@H]3CC[C@]12C. The molecule has 30 heavy (non-hydrogen) atoms. The molecule has 2 N–H and O–H groups in total. The summed E-state index contributed by atoms with van der Waals surface area (Å²) in [6.07, 6.45) is 12.0. The van der Waals surface area contributed by atoms with Crippen molar-refractivity contribution in [2.75, 3.05) is 0 Å². The summed E-state index contributed by atoms with van der Waals surface area (Å²) >= 11 is 6.48. The first-order valence-corrected chi connectivity index (χ1v) is 13.5. The highest BCUT2D eigenvalue weighted by atomic mass is 35.5. The van der Waals surface area contributed by atoms with Crippen LogP contribution in [0.2, 0.25) is 0 Å². The third-order valence-corrected chi connectivity index (χ3v) is 11.4. The second kappa shape index (κ2) is 8.21. The highest BCUT2D eigenvalue weighted by molar-refractivity contribution is 6.20. The van der Waals surface area contributed by atoms with Crippen molar-refractivity contribution in [1.29, 1.82) is 0 Å². The van der Waals surface area contributed by atoms with Gasteiger partial charge in [-0.2, -0.15) is 0 Å². The lowest BCUT2D eigenvalue weighted by Gasteiger charge is -2.65. The quantitative estimate of drug-likeness (QED) is 0.463. The number of aliphatic hydroxyl groups excluding tert-OH is 1. The van der Waals surface area contributed by atoms with E-state index in [4.69, 9.17) is 11.6 Å². The summed E-state index contributed by atoms with van der Waals surface area (Å²) < 4.78 is 0. The smallest absolute Gasteiger partial charge is 0.0975 e. The van der Waals surface area contributed by atoms with Crippen LogP contribution in [0.25, 0.3) is 0 Å². The highest BCUT2D eigenvalue weighted by Gasteiger charge is 2.67. The van der Waals surface area contributed by atoms with E-state index in [9.17, 15) is 10.2 Å². The van der Waals surface area contributed by atoms with Gasteiger partial charge in [0.25, 0.3) is 0 Å². The number of hydrogen-bond donors (Lipinski definition) is 2. The predicted molar refractivity (Wildman–Crippen MR) is 126 cm³/mol. The maximum absolute atomic E-state index is 11.7. The van der Waals surface area contributed by atoms with Gasteiger partial charge in [0.1, 0.15) is 0 Å². The zero-order valence-corrected chi connectivity index (χ0v) is 20.9. The van der Waals surface area contributed by atoms with Crippen LogP contribution in [0.5, 0.6) is 0 Å². The fraction of sp³-hybridized carbons (Fsp3) is 1.00. The van der Waals surface area contributed by atoms with Gasteiger partial charge in [0.15, 0.2) is 0 Å². The Morgan fingerprint density at radius 2 is 1.70 bits per heavy atom. The van der Waals surface area contributed by atoms with Gasteiger partial charge >= 0.3 is 0 Å². The average molecular weight is 439 g/mol. The molecule has 4 aliphatic carbocycles. The first kappa shape index (κ1) is 23.4.